The van der Waals surface area contributed by atoms with Crippen LogP contribution in [0.1, 0.15) is 31.4 Å². The molecule has 2 N–H and O–H groups in total. The summed E-state index contributed by atoms with van der Waals surface area (Å²) in [5.74, 6) is 0.377. The van der Waals surface area contributed by atoms with E-state index >= 15 is 0 Å². The number of hydrogen-bond donors (Lipinski definition) is 1. The van der Waals surface area contributed by atoms with Crippen LogP contribution in [0.3, 0.4) is 0 Å². The third-order valence-electron chi connectivity index (χ3n) is 2.87. The predicted molar refractivity (Wildman–Crippen MR) is 78.1 cm³/mol. The van der Waals surface area contributed by atoms with Crippen LogP contribution in [0.5, 0.6) is 0 Å². The lowest BCUT2D eigenvalue weighted by molar-refractivity contribution is 0.303. The Morgan fingerprint density at radius 2 is 2.11 bits per heavy atom. The van der Waals surface area contributed by atoms with E-state index in [-0.39, 0.29) is 10.8 Å². The van der Waals surface area contributed by atoms with Gasteiger partial charge >= 0.3 is 0 Å². The molecule has 0 aromatic heterocycles. The van der Waals surface area contributed by atoms with E-state index in [1.807, 2.05) is 0 Å². The summed E-state index contributed by atoms with van der Waals surface area (Å²) >= 11 is 4.96. The summed E-state index contributed by atoms with van der Waals surface area (Å²) in [6.45, 7) is 6.14. The monoisotopic (exact) mass is 268 g/mol. The minimum atomic E-state index is -0.300. The van der Waals surface area contributed by atoms with Gasteiger partial charge in [0.2, 0.25) is 0 Å². The molecule has 4 heteroatoms. The summed E-state index contributed by atoms with van der Waals surface area (Å²) in [6.07, 6.45) is 1.14. The third-order valence-corrected chi connectivity index (χ3v) is 3.09. The zero-order valence-electron chi connectivity index (χ0n) is 11.2. The SMILES string of the molecule is CC(C)CCN(C)Cc1ccc(F)cc1C(N)=S. The Kier molecular flexibility index (Phi) is 5.69. The van der Waals surface area contributed by atoms with Crippen molar-refractivity contribution >= 4 is 17.2 Å². The molecule has 0 saturated heterocycles. The minimum absolute atomic E-state index is 0.252. The number of hydrogen-bond acceptors (Lipinski definition) is 2. The lowest BCUT2D eigenvalue weighted by Gasteiger charge is -2.19. The molecular weight excluding hydrogens is 247 g/mol. The average Bonchev–Trinajstić information content (AvgIpc) is 2.28. The Bertz CT molecular complexity index is 418. The molecule has 2 nitrogen and oxygen atoms in total. The first-order chi connectivity index (χ1) is 8.40. The van der Waals surface area contributed by atoms with E-state index in [1.165, 1.54) is 12.1 Å². The van der Waals surface area contributed by atoms with Crippen molar-refractivity contribution in [2.75, 3.05) is 13.6 Å². The molecule has 0 aliphatic heterocycles. The summed E-state index contributed by atoms with van der Waals surface area (Å²) in [6, 6.07) is 4.62. The fourth-order valence-corrected chi connectivity index (χ4v) is 1.95. The van der Waals surface area contributed by atoms with Gasteiger partial charge in [0.25, 0.3) is 0 Å². The van der Waals surface area contributed by atoms with Crippen LogP contribution >= 0.6 is 12.2 Å². The minimum Gasteiger partial charge on any atom is -0.389 e. The second kappa shape index (κ2) is 6.81. The predicted octanol–water partition coefficient (Wildman–Crippen LogP) is 2.94. The van der Waals surface area contributed by atoms with Crippen LogP contribution in [0.2, 0.25) is 0 Å². The summed E-state index contributed by atoms with van der Waals surface area (Å²) in [4.78, 5) is 2.46. The first-order valence-corrected chi connectivity index (χ1v) is 6.57. The second-order valence-corrected chi connectivity index (χ2v) is 5.53. The molecule has 18 heavy (non-hydrogen) atoms. The van der Waals surface area contributed by atoms with Crippen LogP contribution in [0.25, 0.3) is 0 Å². The van der Waals surface area contributed by atoms with Crippen molar-refractivity contribution in [1.82, 2.24) is 4.90 Å². The highest BCUT2D eigenvalue weighted by atomic mass is 32.1. The van der Waals surface area contributed by atoms with Crippen molar-refractivity contribution < 1.29 is 4.39 Å². The average molecular weight is 268 g/mol. The first kappa shape index (κ1) is 15.1. The Morgan fingerprint density at radius 1 is 1.44 bits per heavy atom. The standard InChI is InChI=1S/C14H21FN2S/c1-10(2)6-7-17(3)9-11-4-5-12(15)8-13(11)14(16)18/h4-5,8,10H,6-7,9H2,1-3H3,(H2,16,18). The van der Waals surface area contributed by atoms with E-state index in [1.54, 1.807) is 6.07 Å². The maximum atomic E-state index is 13.2. The lowest BCUT2D eigenvalue weighted by Crippen LogP contribution is -2.23. The lowest BCUT2D eigenvalue weighted by atomic mass is 10.1. The van der Waals surface area contributed by atoms with Gasteiger partial charge in [-0.05, 0) is 43.6 Å². The van der Waals surface area contributed by atoms with Gasteiger partial charge in [-0.3, -0.25) is 0 Å². The number of nitrogens with zero attached hydrogens (tertiary/aromatic N) is 1. The number of benzene rings is 1. The molecule has 0 aliphatic rings. The molecule has 0 atom stereocenters. The van der Waals surface area contributed by atoms with E-state index in [2.05, 4.69) is 25.8 Å². The molecule has 1 aromatic carbocycles. The highest BCUT2D eigenvalue weighted by Gasteiger charge is 2.09. The van der Waals surface area contributed by atoms with E-state index in [4.69, 9.17) is 18.0 Å². The zero-order valence-corrected chi connectivity index (χ0v) is 12.1. The van der Waals surface area contributed by atoms with Gasteiger partial charge in [-0.15, -0.1) is 0 Å². The molecule has 0 bridgehead atoms. The maximum Gasteiger partial charge on any atom is 0.123 e. The first-order valence-electron chi connectivity index (χ1n) is 6.17. The Morgan fingerprint density at radius 3 is 2.67 bits per heavy atom. The quantitative estimate of drug-likeness (QED) is 0.804. The summed E-state index contributed by atoms with van der Waals surface area (Å²) < 4.78 is 13.2. The van der Waals surface area contributed by atoms with Crippen molar-refractivity contribution in [3.8, 4) is 0 Å². The molecule has 0 aliphatic carbocycles. The third kappa shape index (κ3) is 4.70. The van der Waals surface area contributed by atoms with E-state index < -0.39 is 0 Å². The topological polar surface area (TPSA) is 29.3 Å². The van der Waals surface area contributed by atoms with Crippen LogP contribution in [0.4, 0.5) is 4.39 Å². The van der Waals surface area contributed by atoms with Crippen LogP contribution < -0.4 is 5.73 Å². The van der Waals surface area contributed by atoms with Crippen molar-refractivity contribution in [3.63, 3.8) is 0 Å². The van der Waals surface area contributed by atoms with E-state index in [0.29, 0.717) is 11.5 Å². The Hall–Kier alpha value is -1.00. The van der Waals surface area contributed by atoms with Crippen molar-refractivity contribution in [2.45, 2.75) is 26.8 Å². The molecule has 0 saturated carbocycles. The normalized spacial score (nSPS) is 11.2. The van der Waals surface area contributed by atoms with Gasteiger partial charge in [-0.1, -0.05) is 32.1 Å². The van der Waals surface area contributed by atoms with Crippen molar-refractivity contribution in [2.24, 2.45) is 11.7 Å². The second-order valence-electron chi connectivity index (χ2n) is 5.09. The Labute approximate surface area is 114 Å². The largest absolute Gasteiger partial charge is 0.389 e. The van der Waals surface area contributed by atoms with E-state index in [9.17, 15) is 4.39 Å². The van der Waals surface area contributed by atoms with Gasteiger partial charge in [-0.2, -0.15) is 0 Å². The van der Waals surface area contributed by atoms with Crippen LogP contribution in [-0.2, 0) is 6.54 Å². The molecule has 0 radical (unpaired) electrons. The maximum absolute atomic E-state index is 13.2. The highest BCUT2D eigenvalue weighted by molar-refractivity contribution is 7.80. The molecule has 0 unspecified atom stereocenters. The smallest absolute Gasteiger partial charge is 0.123 e. The molecule has 100 valence electrons. The Balaban J connectivity index is 2.74. The summed E-state index contributed by atoms with van der Waals surface area (Å²) in [5, 5.41) is 0. The van der Waals surface area contributed by atoms with Gasteiger partial charge < -0.3 is 10.6 Å². The molecule has 0 amide bonds. The molecular formula is C14H21FN2S. The number of halogens is 1. The fourth-order valence-electron chi connectivity index (χ4n) is 1.76. The van der Waals surface area contributed by atoms with Gasteiger partial charge in [0, 0.05) is 12.1 Å². The van der Waals surface area contributed by atoms with Gasteiger partial charge in [0.15, 0.2) is 0 Å². The number of thiocarbonyl (C=S) groups is 1. The summed E-state index contributed by atoms with van der Waals surface area (Å²) in [7, 11) is 2.05. The van der Waals surface area contributed by atoms with Gasteiger partial charge in [0.05, 0.1) is 0 Å². The van der Waals surface area contributed by atoms with Gasteiger partial charge in [-0.25, -0.2) is 4.39 Å². The zero-order chi connectivity index (χ0) is 13.7. The molecule has 0 heterocycles. The number of rotatable bonds is 6. The van der Waals surface area contributed by atoms with Crippen LogP contribution in [-0.4, -0.2) is 23.5 Å². The number of nitrogens with two attached hydrogens (primary N) is 1. The van der Waals surface area contributed by atoms with E-state index in [0.717, 1.165) is 25.1 Å². The van der Waals surface area contributed by atoms with Crippen LogP contribution in [0, 0.1) is 11.7 Å². The van der Waals surface area contributed by atoms with Gasteiger partial charge in [0.1, 0.15) is 10.8 Å². The molecule has 1 aromatic rings. The summed E-state index contributed by atoms with van der Waals surface area (Å²) in [5.41, 5.74) is 7.25. The molecule has 0 spiro atoms. The highest BCUT2D eigenvalue weighted by Crippen LogP contribution is 2.14. The molecule has 1 rings (SSSR count). The molecule has 0 fully saturated rings. The van der Waals surface area contributed by atoms with Crippen molar-refractivity contribution in [1.29, 1.82) is 0 Å². The van der Waals surface area contributed by atoms with Crippen molar-refractivity contribution in [3.05, 3.63) is 35.1 Å². The van der Waals surface area contributed by atoms with Crippen LogP contribution in [0.15, 0.2) is 18.2 Å². The fraction of sp³-hybridized carbons (Fsp3) is 0.500.